The average molecular weight is 290 g/mol. The van der Waals surface area contributed by atoms with E-state index >= 15 is 0 Å². The average Bonchev–Trinajstić information content (AvgIpc) is 2.86. The van der Waals surface area contributed by atoms with E-state index in [0.717, 1.165) is 5.56 Å². The maximum absolute atomic E-state index is 12.0. The number of carbonyl (C=O) groups excluding carboxylic acids is 1. The Balaban J connectivity index is 2.25. The Kier molecular flexibility index (Phi) is 4.46. The van der Waals surface area contributed by atoms with E-state index in [1.807, 2.05) is 0 Å². The van der Waals surface area contributed by atoms with Crippen molar-refractivity contribution in [3.8, 4) is 11.8 Å². The van der Waals surface area contributed by atoms with Crippen LogP contribution in [0.2, 0.25) is 5.02 Å². The molecule has 0 saturated heterocycles. The molecule has 0 atom stereocenters. The molecule has 2 aromatic rings. The zero-order valence-corrected chi connectivity index (χ0v) is 11.5. The lowest BCUT2D eigenvalue weighted by atomic mass is 10.2. The third kappa shape index (κ3) is 3.21. The molecule has 0 fully saturated rings. The lowest BCUT2D eigenvalue weighted by molar-refractivity contribution is 0.0996. The largest absolute Gasteiger partial charge is 0.459 e. The monoisotopic (exact) mass is 289 g/mol. The minimum absolute atomic E-state index is 0.226. The Hall–Kier alpha value is -2.22. The normalized spacial score (nSPS) is 9.75. The molecule has 0 saturated carbocycles. The van der Waals surface area contributed by atoms with Gasteiger partial charge in [0.1, 0.15) is 6.61 Å². The smallest absolute Gasteiger partial charge is 0.291 e. The zero-order chi connectivity index (χ0) is 14.5. The van der Waals surface area contributed by atoms with Crippen LogP contribution in [-0.4, -0.2) is 17.6 Å². The van der Waals surface area contributed by atoms with Crippen LogP contribution in [0.5, 0.6) is 0 Å². The number of rotatable bonds is 2. The number of anilines is 1. The highest BCUT2D eigenvalue weighted by Crippen LogP contribution is 2.24. The highest BCUT2D eigenvalue weighted by atomic mass is 35.5. The number of amides is 1. The second kappa shape index (κ2) is 6.29. The zero-order valence-electron chi connectivity index (χ0n) is 10.7. The lowest BCUT2D eigenvalue weighted by Gasteiger charge is -2.06. The van der Waals surface area contributed by atoms with Crippen molar-refractivity contribution in [3.63, 3.8) is 0 Å². The second-order valence-corrected chi connectivity index (χ2v) is 4.45. The van der Waals surface area contributed by atoms with Crippen LogP contribution in [-0.2, 0) is 0 Å². The van der Waals surface area contributed by atoms with Crippen molar-refractivity contribution in [1.29, 1.82) is 0 Å². The first-order valence-corrected chi connectivity index (χ1v) is 6.24. The molecule has 102 valence electrons. The minimum Gasteiger partial charge on any atom is -0.459 e. The van der Waals surface area contributed by atoms with Crippen LogP contribution in [0.3, 0.4) is 0 Å². The van der Waals surface area contributed by atoms with E-state index in [1.54, 1.807) is 31.2 Å². The third-order valence-corrected chi connectivity index (χ3v) is 2.92. The predicted molar refractivity (Wildman–Crippen MR) is 76.8 cm³/mol. The molecule has 1 aromatic heterocycles. The molecule has 0 aliphatic rings. The van der Waals surface area contributed by atoms with Crippen molar-refractivity contribution in [2.45, 2.75) is 6.92 Å². The molecule has 4 nitrogen and oxygen atoms in total. The Morgan fingerprint density at radius 2 is 2.25 bits per heavy atom. The van der Waals surface area contributed by atoms with Gasteiger partial charge in [-0.15, -0.1) is 0 Å². The van der Waals surface area contributed by atoms with E-state index in [9.17, 15) is 4.79 Å². The third-order valence-electron chi connectivity index (χ3n) is 2.59. The molecule has 0 aliphatic heterocycles. The fraction of sp³-hybridized carbons (Fsp3) is 0.133. The quantitative estimate of drug-likeness (QED) is 0.836. The first kappa shape index (κ1) is 14.2. The van der Waals surface area contributed by atoms with E-state index in [-0.39, 0.29) is 18.3 Å². The van der Waals surface area contributed by atoms with Gasteiger partial charge in [-0.3, -0.25) is 4.79 Å². The van der Waals surface area contributed by atoms with Crippen molar-refractivity contribution in [3.05, 3.63) is 52.4 Å². The minimum atomic E-state index is -0.373. The molecule has 0 spiro atoms. The van der Waals surface area contributed by atoms with Crippen LogP contribution in [0.4, 0.5) is 5.69 Å². The van der Waals surface area contributed by atoms with E-state index in [2.05, 4.69) is 17.2 Å². The van der Waals surface area contributed by atoms with Gasteiger partial charge in [-0.1, -0.05) is 23.4 Å². The molecular weight excluding hydrogens is 278 g/mol. The summed E-state index contributed by atoms with van der Waals surface area (Å²) in [6.07, 6.45) is 1.45. The Labute approximate surface area is 121 Å². The molecule has 20 heavy (non-hydrogen) atoms. The van der Waals surface area contributed by atoms with Crippen molar-refractivity contribution in [2.24, 2.45) is 0 Å². The summed E-state index contributed by atoms with van der Waals surface area (Å²) in [5.41, 5.74) is 1.84. The van der Waals surface area contributed by atoms with Crippen LogP contribution in [0.15, 0.2) is 34.9 Å². The van der Waals surface area contributed by atoms with Crippen molar-refractivity contribution in [1.82, 2.24) is 0 Å². The number of furan rings is 1. The van der Waals surface area contributed by atoms with Gasteiger partial charge in [0.2, 0.25) is 0 Å². The fourth-order valence-electron chi connectivity index (χ4n) is 1.62. The van der Waals surface area contributed by atoms with Crippen molar-refractivity contribution in [2.75, 3.05) is 11.9 Å². The summed E-state index contributed by atoms with van der Waals surface area (Å²) in [5, 5.41) is 11.7. The van der Waals surface area contributed by atoms with Crippen LogP contribution < -0.4 is 5.32 Å². The molecule has 1 amide bonds. The molecule has 1 aromatic carbocycles. The maximum atomic E-state index is 12.0. The van der Waals surface area contributed by atoms with Crippen LogP contribution in [0, 0.1) is 18.8 Å². The van der Waals surface area contributed by atoms with Gasteiger partial charge in [0.15, 0.2) is 5.76 Å². The Morgan fingerprint density at radius 3 is 2.90 bits per heavy atom. The summed E-state index contributed by atoms with van der Waals surface area (Å²) in [7, 11) is 0. The number of aliphatic hydroxyl groups excluding tert-OH is 1. The number of benzene rings is 1. The summed E-state index contributed by atoms with van der Waals surface area (Å²) >= 11 is 6.03. The Bertz CT molecular complexity index is 695. The maximum Gasteiger partial charge on any atom is 0.291 e. The van der Waals surface area contributed by atoms with Gasteiger partial charge in [-0.25, -0.2) is 0 Å². The van der Waals surface area contributed by atoms with Crippen molar-refractivity contribution < 1.29 is 14.3 Å². The number of carbonyl (C=O) groups is 1. The molecular formula is C15H12ClNO3. The standard InChI is InChI=1S/C15H12ClNO3/c1-10-6-8-20-14(10)15(19)17-13-9-11(3-2-7-18)4-5-12(13)16/h4-6,8-9,18H,7H2,1H3,(H,17,19). The van der Waals surface area contributed by atoms with Gasteiger partial charge < -0.3 is 14.8 Å². The van der Waals surface area contributed by atoms with Crippen molar-refractivity contribution >= 4 is 23.2 Å². The second-order valence-electron chi connectivity index (χ2n) is 4.04. The van der Waals surface area contributed by atoms with Gasteiger partial charge in [0.25, 0.3) is 5.91 Å². The summed E-state index contributed by atoms with van der Waals surface area (Å²) in [4.78, 5) is 12.0. The molecule has 0 unspecified atom stereocenters. The van der Waals surface area contributed by atoms with Gasteiger partial charge in [-0.05, 0) is 31.2 Å². The highest BCUT2D eigenvalue weighted by Gasteiger charge is 2.14. The number of halogens is 1. The lowest BCUT2D eigenvalue weighted by Crippen LogP contribution is -2.12. The molecule has 1 heterocycles. The first-order chi connectivity index (χ1) is 9.61. The van der Waals surface area contributed by atoms with E-state index in [1.165, 1.54) is 6.26 Å². The molecule has 0 bridgehead atoms. The number of aryl methyl sites for hydroxylation is 1. The summed E-state index contributed by atoms with van der Waals surface area (Å²) < 4.78 is 5.12. The number of aliphatic hydroxyl groups is 1. The molecule has 2 rings (SSSR count). The molecule has 5 heteroatoms. The van der Waals surface area contributed by atoms with Gasteiger partial charge in [0, 0.05) is 11.1 Å². The number of hydrogen-bond acceptors (Lipinski definition) is 3. The topological polar surface area (TPSA) is 62.5 Å². The van der Waals surface area contributed by atoms with Crippen LogP contribution in [0.1, 0.15) is 21.7 Å². The fourth-order valence-corrected chi connectivity index (χ4v) is 1.79. The summed E-state index contributed by atoms with van der Waals surface area (Å²) in [6.45, 7) is 1.55. The SMILES string of the molecule is Cc1ccoc1C(=O)Nc1cc(C#CCO)ccc1Cl. The Morgan fingerprint density at radius 1 is 1.45 bits per heavy atom. The van der Waals surface area contributed by atoms with Crippen LogP contribution >= 0.6 is 11.6 Å². The first-order valence-electron chi connectivity index (χ1n) is 5.86. The van der Waals surface area contributed by atoms with Gasteiger partial charge in [-0.2, -0.15) is 0 Å². The molecule has 0 aliphatic carbocycles. The highest BCUT2D eigenvalue weighted by molar-refractivity contribution is 6.34. The predicted octanol–water partition coefficient (Wildman–Crippen LogP) is 2.84. The molecule has 0 radical (unpaired) electrons. The van der Waals surface area contributed by atoms with Gasteiger partial charge >= 0.3 is 0 Å². The molecule has 2 N–H and O–H groups in total. The van der Waals surface area contributed by atoms with E-state index in [0.29, 0.717) is 16.3 Å². The summed E-state index contributed by atoms with van der Waals surface area (Å²) in [6, 6.07) is 6.69. The number of hydrogen-bond donors (Lipinski definition) is 2. The van der Waals surface area contributed by atoms with E-state index in [4.69, 9.17) is 21.1 Å². The number of nitrogens with one attached hydrogen (secondary N) is 1. The van der Waals surface area contributed by atoms with Crippen LogP contribution in [0.25, 0.3) is 0 Å². The van der Waals surface area contributed by atoms with Gasteiger partial charge in [0.05, 0.1) is 17.0 Å². The van der Waals surface area contributed by atoms with E-state index < -0.39 is 0 Å². The summed E-state index contributed by atoms with van der Waals surface area (Å²) in [5.74, 6) is 5.15.